The molecule has 5 rings (SSSR count). The van der Waals surface area contributed by atoms with Gasteiger partial charge in [-0.2, -0.15) is 5.10 Å². The van der Waals surface area contributed by atoms with E-state index in [0.717, 1.165) is 22.2 Å². The summed E-state index contributed by atoms with van der Waals surface area (Å²) in [4.78, 5) is 42.4. The minimum Gasteiger partial charge on any atom is -0.465 e. The van der Waals surface area contributed by atoms with Crippen LogP contribution in [0.2, 0.25) is 0 Å². The summed E-state index contributed by atoms with van der Waals surface area (Å²) in [6, 6.07) is 14.1. The van der Waals surface area contributed by atoms with Gasteiger partial charge in [-0.25, -0.2) is 9.80 Å². The van der Waals surface area contributed by atoms with Crippen LogP contribution in [-0.4, -0.2) is 58.6 Å². The molecular weight excluding hydrogens is 396 g/mol. The van der Waals surface area contributed by atoms with Crippen molar-refractivity contribution in [1.29, 1.82) is 0 Å². The molecule has 0 aliphatic carbocycles. The highest BCUT2D eigenvalue weighted by atomic mass is 16.5. The number of ether oxygens (including phenoxy) is 1. The number of H-pyrrole nitrogens is 1. The number of fused-ring (bicyclic) bond motifs is 4. The quantitative estimate of drug-likeness (QED) is 0.522. The molecule has 8 nitrogen and oxygen atoms in total. The van der Waals surface area contributed by atoms with Crippen LogP contribution in [0, 0.1) is 0 Å². The molecule has 1 N–H and O–H groups in total. The number of benzene rings is 2. The van der Waals surface area contributed by atoms with Crippen molar-refractivity contribution in [3.05, 3.63) is 70.9 Å². The largest absolute Gasteiger partial charge is 0.465 e. The lowest BCUT2D eigenvalue weighted by molar-refractivity contribution is -0.157. The zero-order valence-corrected chi connectivity index (χ0v) is 16.9. The summed E-state index contributed by atoms with van der Waals surface area (Å²) in [6.45, 7) is 0.299. The number of rotatable bonds is 3. The van der Waals surface area contributed by atoms with Crippen LogP contribution < -0.4 is 0 Å². The monoisotopic (exact) mass is 416 g/mol. The van der Waals surface area contributed by atoms with Gasteiger partial charge in [-0.3, -0.25) is 9.59 Å². The number of aromatic amines is 1. The summed E-state index contributed by atoms with van der Waals surface area (Å²) in [5.74, 6) is -0.751. The van der Waals surface area contributed by atoms with Crippen LogP contribution in [0.3, 0.4) is 0 Å². The fourth-order valence-corrected chi connectivity index (χ4v) is 4.22. The molecule has 2 amide bonds. The molecule has 1 atom stereocenters. The minimum absolute atomic E-state index is 0.0956. The second kappa shape index (κ2) is 7.39. The van der Waals surface area contributed by atoms with Gasteiger partial charge in [0.2, 0.25) is 5.91 Å². The maximum Gasteiger partial charge on any atom is 0.337 e. The van der Waals surface area contributed by atoms with Gasteiger partial charge in [0.25, 0.3) is 5.91 Å². The molecule has 3 aromatic rings. The first-order chi connectivity index (χ1) is 15.0. The number of hydrogen-bond donors (Lipinski definition) is 1. The average molecular weight is 416 g/mol. The number of amides is 2. The summed E-state index contributed by atoms with van der Waals surface area (Å²) in [7, 11) is 1.32. The summed E-state index contributed by atoms with van der Waals surface area (Å²) in [5, 5.41) is 6.58. The van der Waals surface area contributed by atoms with E-state index in [-0.39, 0.29) is 18.4 Å². The number of esters is 1. The van der Waals surface area contributed by atoms with Crippen LogP contribution in [-0.2, 0) is 27.3 Å². The Hall–Kier alpha value is -3.94. The summed E-state index contributed by atoms with van der Waals surface area (Å²) in [5.41, 5.74) is 4.22. The number of nitrogens with zero attached hydrogens (tertiary/aromatic N) is 3. The zero-order valence-electron chi connectivity index (χ0n) is 16.9. The van der Waals surface area contributed by atoms with Crippen LogP contribution >= 0.6 is 0 Å². The number of hydrazone groups is 1. The molecule has 0 bridgehead atoms. The van der Waals surface area contributed by atoms with Gasteiger partial charge in [-0.1, -0.05) is 30.3 Å². The van der Waals surface area contributed by atoms with Crippen molar-refractivity contribution in [2.24, 2.45) is 5.10 Å². The van der Waals surface area contributed by atoms with E-state index in [1.807, 2.05) is 24.3 Å². The molecule has 2 aromatic carbocycles. The van der Waals surface area contributed by atoms with E-state index in [0.29, 0.717) is 24.1 Å². The molecule has 1 fully saturated rings. The number of piperazine rings is 1. The first-order valence-corrected chi connectivity index (χ1v) is 9.97. The Morgan fingerprint density at radius 1 is 1.13 bits per heavy atom. The van der Waals surface area contributed by atoms with Gasteiger partial charge in [0, 0.05) is 23.0 Å². The molecule has 0 unspecified atom stereocenters. The smallest absolute Gasteiger partial charge is 0.337 e. The van der Waals surface area contributed by atoms with Crippen molar-refractivity contribution >= 4 is 34.9 Å². The highest BCUT2D eigenvalue weighted by molar-refractivity contribution is 5.97. The Balaban J connectivity index is 1.38. The third-order valence-corrected chi connectivity index (χ3v) is 5.83. The summed E-state index contributed by atoms with van der Waals surface area (Å²) >= 11 is 0. The SMILES string of the molecule is COC(=O)c1ccc(/C=N\N2CC(=O)N3Cc4[nH]c5ccccc5c4C[C@@H]3C2=O)cc1. The van der Waals surface area contributed by atoms with Gasteiger partial charge < -0.3 is 14.6 Å². The number of carbonyl (C=O) groups is 3. The second-order valence-electron chi connectivity index (χ2n) is 7.62. The molecule has 1 saturated heterocycles. The number of methoxy groups -OCH3 is 1. The van der Waals surface area contributed by atoms with E-state index in [4.69, 9.17) is 0 Å². The minimum atomic E-state index is -0.563. The Morgan fingerprint density at radius 3 is 2.68 bits per heavy atom. The molecule has 3 heterocycles. The molecule has 1 aromatic heterocycles. The van der Waals surface area contributed by atoms with Crippen LogP contribution in [0.25, 0.3) is 10.9 Å². The van der Waals surface area contributed by atoms with E-state index in [1.54, 1.807) is 29.2 Å². The van der Waals surface area contributed by atoms with Crippen LogP contribution in [0.5, 0.6) is 0 Å². The molecule has 2 aliphatic rings. The maximum atomic E-state index is 13.1. The molecule has 31 heavy (non-hydrogen) atoms. The number of nitrogens with one attached hydrogen (secondary N) is 1. The fraction of sp³-hybridized carbons (Fsp3) is 0.217. The van der Waals surface area contributed by atoms with Crippen molar-refractivity contribution in [2.45, 2.75) is 19.0 Å². The third-order valence-electron chi connectivity index (χ3n) is 5.83. The zero-order chi connectivity index (χ0) is 21.5. The Kier molecular flexibility index (Phi) is 4.54. The molecule has 0 spiro atoms. The lowest BCUT2D eigenvalue weighted by Gasteiger charge is -2.40. The fourth-order valence-electron chi connectivity index (χ4n) is 4.22. The normalized spacial score (nSPS) is 18.4. The van der Waals surface area contributed by atoms with Crippen molar-refractivity contribution in [1.82, 2.24) is 14.9 Å². The number of hydrogen-bond acceptors (Lipinski definition) is 5. The highest BCUT2D eigenvalue weighted by Gasteiger charge is 2.43. The third kappa shape index (κ3) is 3.26. The number of para-hydroxylation sites is 1. The first-order valence-electron chi connectivity index (χ1n) is 9.97. The highest BCUT2D eigenvalue weighted by Crippen LogP contribution is 2.32. The van der Waals surface area contributed by atoms with Crippen molar-refractivity contribution in [2.75, 3.05) is 13.7 Å². The van der Waals surface area contributed by atoms with E-state index >= 15 is 0 Å². The Labute approximate surface area is 178 Å². The Morgan fingerprint density at radius 2 is 1.90 bits per heavy atom. The lowest BCUT2D eigenvalue weighted by atomic mass is 9.94. The van der Waals surface area contributed by atoms with E-state index < -0.39 is 12.0 Å². The maximum absolute atomic E-state index is 13.1. The number of carbonyl (C=O) groups excluding carboxylic acids is 3. The first kappa shape index (κ1) is 19.0. The van der Waals surface area contributed by atoms with E-state index in [9.17, 15) is 14.4 Å². The van der Waals surface area contributed by atoms with E-state index in [1.165, 1.54) is 18.3 Å². The van der Waals surface area contributed by atoms with Gasteiger partial charge in [-0.05, 0) is 29.3 Å². The van der Waals surface area contributed by atoms with E-state index in [2.05, 4.69) is 14.8 Å². The standard InChI is InChI=1S/C23H20N4O4/c1-31-23(30)15-8-6-14(7-9-15)11-24-27-13-21(28)26-12-19-17(10-20(26)22(27)29)16-4-2-3-5-18(16)25-19/h2-9,11,20,25H,10,12-13H2,1H3/b24-11-/t20-/m1/s1. The predicted octanol–water partition coefficient (Wildman–Crippen LogP) is 2.08. The molecule has 156 valence electrons. The Bertz CT molecular complexity index is 1230. The predicted molar refractivity (Wildman–Crippen MR) is 113 cm³/mol. The summed E-state index contributed by atoms with van der Waals surface area (Å²) < 4.78 is 4.68. The summed E-state index contributed by atoms with van der Waals surface area (Å²) in [6.07, 6.45) is 1.98. The topological polar surface area (TPSA) is 95.1 Å². The number of aromatic nitrogens is 1. The van der Waals surface area contributed by atoms with Crippen LogP contribution in [0.1, 0.15) is 27.2 Å². The van der Waals surface area contributed by atoms with Crippen LogP contribution in [0.15, 0.2) is 53.6 Å². The van der Waals surface area contributed by atoms with Gasteiger partial charge in [0.05, 0.1) is 25.4 Å². The van der Waals surface area contributed by atoms with Gasteiger partial charge in [0.15, 0.2) is 0 Å². The second-order valence-corrected chi connectivity index (χ2v) is 7.62. The van der Waals surface area contributed by atoms with Crippen molar-refractivity contribution < 1.29 is 19.1 Å². The van der Waals surface area contributed by atoms with Gasteiger partial charge in [0.1, 0.15) is 12.6 Å². The van der Waals surface area contributed by atoms with Gasteiger partial charge in [-0.15, -0.1) is 0 Å². The van der Waals surface area contributed by atoms with Crippen molar-refractivity contribution in [3.8, 4) is 0 Å². The molecule has 0 radical (unpaired) electrons. The molecular formula is C23H20N4O4. The molecule has 0 saturated carbocycles. The van der Waals surface area contributed by atoms with Crippen LogP contribution in [0.4, 0.5) is 0 Å². The lowest BCUT2D eigenvalue weighted by Crippen LogP contribution is -2.60. The molecule has 8 heteroatoms. The molecule has 2 aliphatic heterocycles. The average Bonchev–Trinajstić information content (AvgIpc) is 3.17. The van der Waals surface area contributed by atoms with Crippen molar-refractivity contribution in [3.63, 3.8) is 0 Å². The van der Waals surface area contributed by atoms with Gasteiger partial charge >= 0.3 is 5.97 Å².